The number of piperazine rings is 1. The highest BCUT2D eigenvalue weighted by molar-refractivity contribution is 14.1. The van der Waals surface area contributed by atoms with Gasteiger partial charge < -0.3 is 10.2 Å². The van der Waals surface area contributed by atoms with E-state index in [1.54, 1.807) is 6.92 Å². The fourth-order valence-electron chi connectivity index (χ4n) is 2.19. The zero-order valence-corrected chi connectivity index (χ0v) is 13.6. The maximum atomic E-state index is 12.0. The van der Waals surface area contributed by atoms with Crippen molar-refractivity contribution in [3.63, 3.8) is 0 Å². The van der Waals surface area contributed by atoms with Gasteiger partial charge in [0.05, 0.1) is 6.54 Å². The first-order valence-corrected chi connectivity index (χ1v) is 7.66. The minimum Gasteiger partial charge on any atom is -0.340 e. The molecule has 1 aliphatic heterocycles. The Morgan fingerprint density at radius 3 is 2.55 bits per heavy atom. The third kappa shape index (κ3) is 4.45. The summed E-state index contributed by atoms with van der Waals surface area (Å²) in [6.07, 6.45) is 0. The average molecular weight is 387 g/mol. The monoisotopic (exact) mass is 387 g/mol. The molecule has 5 nitrogen and oxygen atoms in total. The van der Waals surface area contributed by atoms with Crippen LogP contribution in [0.5, 0.6) is 0 Å². The molecule has 0 radical (unpaired) electrons. The Bertz CT molecular complexity index is 499. The molecule has 0 unspecified atom stereocenters. The quantitative estimate of drug-likeness (QED) is 0.798. The standard InChI is InChI=1S/C14H18IN3O2/c1-11(19)18-7-5-17(6-8-18)10-14(20)16-13-4-2-3-12(15)9-13/h2-4,9H,5-8,10H2,1H3,(H,16,20). The first-order chi connectivity index (χ1) is 9.54. The van der Waals surface area contributed by atoms with Crippen LogP contribution >= 0.6 is 22.6 Å². The maximum Gasteiger partial charge on any atom is 0.238 e. The van der Waals surface area contributed by atoms with Crippen molar-refractivity contribution in [1.29, 1.82) is 0 Å². The zero-order valence-electron chi connectivity index (χ0n) is 11.4. The molecule has 1 fully saturated rings. The first kappa shape index (κ1) is 15.2. The van der Waals surface area contributed by atoms with Gasteiger partial charge in [-0.1, -0.05) is 6.07 Å². The van der Waals surface area contributed by atoms with Crippen molar-refractivity contribution < 1.29 is 9.59 Å². The minimum absolute atomic E-state index is 0.0109. The summed E-state index contributed by atoms with van der Waals surface area (Å²) in [5, 5.41) is 2.90. The largest absolute Gasteiger partial charge is 0.340 e. The molecule has 1 N–H and O–H groups in total. The first-order valence-electron chi connectivity index (χ1n) is 6.58. The van der Waals surface area contributed by atoms with Crippen molar-refractivity contribution in [2.75, 3.05) is 38.0 Å². The number of hydrogen-bond donors (Lipinski definition) is 1. The summed E-state index contributed by atoms with van der Waals surface area (Å²) in [7, 11) is 0. The minimum atomic E-state index is -0.0109. The number of carbonyl (C=O) groups is 2. The van der Waals surface area contributed by atoms with E-state index in [0.29, 0.717) is 19.6 Å². The Labute approximate surface area is 132 Å². The molecular weight excluding hydrogens is 369 g/mol. The molecule has 1 heterocycles. The van der Waals surface area contributed by atoms with Crippen molar-refractivity contribution in [3.05, 3.63) is 27.8 Å². The van der Waals surface area contributed by atoms with Crippen LogP contribution in [0.25, 0.3) is 0 Å². The Kier molecular flexibility index (Phi) is 5.36. The van der Waals surface area contributed by atoms with Gasteiger partial charge in [0.15, 0.2) is 0 Å². The highest BCUT2D eigenvalue weighted by atomic mass is 127. The summed E-state index contributed by atoms with van der Waals surface area (Å²) in [6.45, 7) is 4.85. The normalized spacial score (nSPS) is 16.0. The second-order valence-electron chi connectivity index (χ2n) is 4.84. The number of benzene rings is 1. The second-order valence-corrected chi connectivity index (χ2v) is 6.09. The molecule has 1 aliphatic rings. The lowest BCUT2D eigenvalue weighted by molar-refractivity contribution is -0.130. The van der Waals surface area contributed by atoms with Gasteiger partial charge >= 0.3 is 0 Å². The smallest absolute Gasteiger partial charge is 0.238 e. The number of anilines is 1. The van der Waals surface area contributed by atoms with E-state index in [0.717, 1.165) is 22.3 Å². The number of nitrogens with one attached hydrogen (secondary N) is 1. The van der Waals surface area contributed by atoms with Gasteiger partial charge in [-0.3, -0.25) is 14.5 Å². The second kappa shape index (κ2) is 7.03. The molecule has 2 rings (SSSR count). The molecule has 0 spiro atoms. The summed E-state index contributed by atoms with van der Waals surface area (Å²) in [5.74, 6) is 0.0937. The van der Waals surface area contributed by atoms with Gasteiger partial charge in [0.1, 0.15) is 0 Å². The maximum absolute atomic E-state index is 12.0. The number of carbonyl (C=O) groups excluding carboxylic acids is 2. The summed E-state index contributed by atoms with van der Waals surface area (Å²) < 4.78 is 1.09. The Balaban J connectivity index is 1.80. The van der Waals surface area contributed by atoms with Crippen LogP contribution in [-0.4, -0.2) is 54.3 Å². The van der Waals surface area contributed by atoms with Crippen molar-refractivity contribution in [2.24, 2.45) is 0 Å². The predicted molar refractivity (Wildman–Crippen MR) is 86.5 cm³/mol. The van der Waals surface area contributed by atoms with Crippen LogP contribution < -0.4 is 5.32 Å². The molecule has 0 aliphatic carbocycles. The highest BCUT2D eigenvalue weighted by Gasteiger charge is 2.20. The van der Waals surface area contributed by atoms with Crippen LogP contribution in [0, 0.1) is 3.57 Å². The highest BCUT2D eigenvalue weighted by Crippen LogP contribution is 2.12. The van der Waals surface area contributed by atoms with E-state index in [1.807, 2.05) is 29.2 Å². The Morgan fingerprint density at radius 2 is 1.95 bits per heavy atom. The summed E-state index contributed by atoms with van der Waals surface area (Å²) in [5.41, 5.74) is 0.823. The molecular formula is C14H18IN3O2. The van der Waals surface area contributed by atoms with Gasteiger partial charge in [0.2, 0.25) is 11.8 Å². The van der Waals surface area contributed by atoms with Crippen molar-refractivity contribution >= 4 is 40.1 Å². The van der Waals surface area contributed by atoms with Gasteiger partial charge in [0, 0.05) is 42.4 Å². The lowest BCUT2D eigenvalue weighted by atomic mass is 10.3. The molecule has 1 aromatic carbocycles. The number of halogens is 1. The van der Waals surface area contributed by atoms with E-state index < -0.39 is 0 Å². The van der Waals surface area contributed by atoms with Crippen LogP contribution in [0.1, 0.15) is 6.92 Å². The number of nitrogens with zero attached hydrogens (tertiary/aromatic N) is 2. The molecule has 2 amide bonds. The van der Waals surface area contributed by atoms with Crippen molar-refractivity contribution in [3.8, 4) is 0 Å². The van der Waals surface area contributed by atoms with Gasteiger partial charge in [0.25, 0.3) is 0 Å². The van der Waals surface area contributed by atoms with E-state index in [-0.39, 0.29) is 11.8 Å². The topological polar surface area (TPSA) is 52.7 Å². The predicted octanol–water partition coefficient (Wildman–Crippen LogP) is 1.39. The fraction of sp³-hybridized carbons (Fsp3) is 0.429. The van der Waals surface area contributed by atoms with E-state index in [9.17, 15) is 9.59 Å². The molecule has 0 atom stereocenters. The van der Waals surface area contributed by atoms with Crippen LogP contribution in [0.15, 0.2) is 24.3 Å². The zero-order chi connectivity index (χ0) is 14.5. The van der Waals surface area contributed by atoms with E-state index in [1.165, 1.54) is 0 Å². The lowest BCUT2D eigenvalue weighted by Gasteiger charge is -2.33. The molecule has 6 heteroatoms. The van der Waals surface area contributed by atoms with Crippen LogP contribution in [0.2, 0.25) is 0 Å². The molecule has 108 valence electrons. The summed E-state index contributed by atoms with van der Waals surface area (Å²) >= 11 is 2.22. The molecule has 0 saturated carbocycles. The van der Waals surface area contributed by atoms with Crippen molar-refractivity contribution in [1.82, 2.24) is 9.80 Å². The van der Waals surface area contributed by atoms with Crippen LogP contribution in [0.3, 0.4) is 0 Å². The number of hydrogen-bond acceptors (Lipinski definition) is 3. The number of amides is 2. The molecule has 1 aromatic rings. The van der Waals surface area contributed by atoms with Crippen molar-refractivity contribution in [2.45, 2.75) is 6.92 Å². The molecule has 0 bridgehead atoms. The SMILES string of the molecule is CC(=O)N1CCN(CC(=O)Nc2cccc(I)c2)CC1. The van der Waals surface area contributed by atoms with Crippen LogP contribution in [0.4, 0.5) is 5.69 Å². The Hall–Kier alpha value is -1.15. The lowest BCUT2D eigenvalue weighted by Crippen LogP contribution is -2.49. The molecule has 0 aromatic heterocycles. The van der Waals surface area contributed by atoms with E-state index in [4.69, 9.17) is 0 Å². The fourth-order valence-corrected chi connectivity index (χ4v) is 2.73. The third-order valence-electron chi connectivity index (χ3n) is 3.29. The van der Waals surface area contributed by atoms with E-state index in [2.05, 4.69) is 32.8 Å². The summed E-state index contributed by atoms with van der Waals surface area (Å²) in [6, 6.07) is 7.72. The summed E-state index contributed by atoms with van der Waals surface area (Å²) in [4.78, 5) is 27.1. The van der Waals surface area contributed by atoms with Gasteiger partial charge in [-0.15, -0.1) is 0 Å². The van der Waals surface area contributed by atoms with Gasteiger partial charge in [-0.2, -0.15) is 0 Å². The van der Waals surface area contributed by atoms with Gasteiger partial charge in [-0.25, -0.2) is 0 Å². The van der Waals surface area contributed by atoms with Crippen LogP contribution in [-0.2, 0) is 9.59 Å². The number of rotatable bonds is 3. The average Bonchev–Trinajstić information content (AvgIpc) is 2.39. The Morgan fingerprint density at radius 1 is 1.25 bits per heavy atom. The third-order valence-corrected chi connectivity index (χ3v) is 3.96. The molecule has 1 saturated heterocycles. The van der Waals surface area contributed by atoms with Gasteiger partial charge in [-0.05, 0) is 40.8 Å². The van der Waals surface area contributed by atoms with E-state index >= 15 is 0 Å². The molecule has 20 heavy (non-hydrogen) atoms.